The predicted octanol–water partition coefficient (Wildman–Crippen LogP) is 5.05. The van der Waals surface area contributed by atoms with E-state index in [4.69, 9.17) is 19.6 Å². The molecule has 192 valence electrons. The Labute approximate surface area is 210 Å². The highest BCUT2D eigenvalue weighted by atomic mass is 31.1. The number of amides is 2. The van der Waals surface area contributed by atoms with Gasteiger partial charge in [0.1, 0.15) is 5.69 Å². The van der Waals surface area contributed by atoms with Crippen LogP contribution in [0.5, 0.6) is 11.5 Å². The van der Waals surface area contributed by atoms with Gasteiger partial charge in [-0.15, -0.1) is 8.58 Å². The Balaban J connectivity index is 1.85. The lowest BCUT2D eigenvalue weighted by Gasteiger charge is -2.38. The number of ether oxygens (including phenoxy) is 3. The van der Waals surface area contributed by atoms with Crippen LogP contribution in [0.2, 0.25) is 0 Å². The molecule has 2 aromatic rings. The summed E-state index contributed by atoms with van der Waals surface area (Å²) in [5.74, 6) is -0.434. The van der Waals surface area contributed by atoms with Crippen molar-refractivity contribution in [2.75, 3.05) is 50.4 Å². The number of fused-ring (bicyclic) bond motifs is 1. The first-order valence-corrected chi connectivity index (χ1v) is 13.1. The molecule has 2 atom stereocenters. The van der Waals surface area contributed by atoms with Crippen molar-refractivity contribution in [1.82, 2.24) is 4.98 Å². The van der Waals surface area contributed by atoms with E-state index < -0.39 is 23.4 Å². The maximum atomic E-state index is 15.4. The molecule has 8 nitrogen and oxygen atoms in total. The third-order valence-electron chi connectivity index (χ3n) is 6.30. The first-order valence-electron chi connectivity index (χ1n) is 11.5. The second-order valence-electron chi connectivity index (χ2n) is 8.64. The highest BCUT2D eigenvalue weighted by Crippen LogP contribution is 2.41. The molecule has 0 spiro atoms. The van der Waals surface area contributed by atoms with Gasteiger partial charge in [0.2, 0.25) is 0 Å². The second-order valence-corrected chi connectivity index (χ2v) is 9.50. The van der Waals surface area contributed by atoms with Crippen molar-refractivity contribution in [1.29, 1.82) is 5.41 Å². The maximum Gasteiger partial charge on any atom is 0.329 e. The van der Waals surface area contributed by atoms with Gasteiger partial charge < -0.3 is 19.6 Å². The Morgan fingerprint density at radius 2 is 1.97 bits per heavy atom. The van der Waals surface area contributed by atoms with E-state index >= 15 is 8.78 Å². The molecule has 2 aliphatic rings. The zero-order valence-corrected chi connectivity index (χ0v) is 21.7. The largest absolute Gasteiger partial charge is 0.493 e. The van der Waals surface area contributed by atoms with Gasteiger partial charge in [0.15, 0.2) is 23.1 Å². The van der Waals surface area contributed by atoms with E-state index in [9.17, 15) is 4.79 Å². The summed E-state index contributed by atoms with van der Waals surface area (Å²) in [4.78, 5) is 21.0. The molecule has 1 aromatic heterocycles. The molecule has 1 saturated heterocycles. The fraction of sp³-hybridized carbons (Fsp3) is 0.400. The molecule has 0 radical (unpaired) electrons. The second kappa shape index (κ2) is 10.9. The molecule has 11 heteroatoms. The minimum Gasteiger partial charge on any atom is -0.493 e. The van der Waals surface area contributed by atoms with Crippen LogP contribution >= 0.6 is 8.58 Å². The molecule has 4 rings (SSSR count). The van der Waals surface area contributed by atoms with Gasteiger partial charge in [0.05, 0.1) is 38.8 Å². The Hall–Kier alpha value is -3.10. The van der Waals surface area contributed by atoms with E-state index in [1.165, 1.54) is 19.1 Å². The van der Waals surface area contributed by atoms with Crippen LogP contribution in [0.4, 0.5) is 25.0 Å². The fourth-order valence-electron chi connectivity index (χ4n) is 4.45. The number of nitrogens with zero attached hydrogens (tertiary/aromatic N) is 3. The molecule has 1 N–H and O–H groups in total. The zero-order chi connectivity index (χ0) is 26.0. The van der Waals surface area contributed by atoms with E-state index in [2.05, 4.69) is 4.98 Å². The number of nitrogens with one attached hydrogen (secondary N) is 1. The molecule has 0 bridgehead atoms. The van der Waals surface area contributed by atoms with Gasteiger partial charge in [-0.1, -0.05) is 5.82 Å². The van der Waals surface area contributed by atoms with Crippen LogP contribution in [0, 0.1) is 23.0 Å². The van der Waals surface area contributed by atoms with E-state index in [1.54, 1.807) is 19.2 Å². The molecule has 3 heterocycles. The smallest absolute Gasteiger partial charge is 0.329 e. The molecule has 1 aromatic carbocycles. The number of hydrogen-bond acceptors (Lipinski definition) is 6. The molecule has 2 unspecified atom stereocenters. The van der Waals surface area contributed by atoms with Crippen molar-refractivity contribution in [2.24, 2.45) is 5.92 Å². The lowest BCUT2D eigenvalue weighted by Crippen LogP contribution is -2.50. The van der Waals surface area contributed by atoms with E-state index in [1.807, 2.05) is 12.5 Å². The van der Waals surface area contributed by atoms with Gasteiger partial charge in [0, 0.05) is 48.2 Å². The molecule has 36 heavy (non-hydrogen) atoms. The van der Waals surface area contributed by atoms with Crippen LogP contribution in [0.25, 0.3) is 5.57 Å². The molecular formula is C25H29F2N4O4P. The summed E-state index contributed by atoms with van der Waals surface area (Å²) >= 11 is 0. The number of carbonyl (C=O) groups excluding carboxylic acids is 1. The number of halogens is 2. The summed E-state index contributed by atoms with van der Waals surface area (Å²) in [6.45, 7) is 5.00. The third kappa shape index (κ3) is 4.80. The maximum absolute atomic E-state index is 15.4. The van der Waals surface area contributed by atoms with Crippen molar-refractivity contribution >= 4 is 37.3 Å². The molecule has 2 amide bonds. The van der Waals surface area contributed by atoms with Crippen molar-refractivity contribution in [3.05, 3.63) is 47.0 Å². The van der Waals surface area contributed by atoms with E-state index in [0.717, 1.165) is 17.4 Å². The predicted molar refractivity (Wildman–Crippen MR) is 137 cm³/mol. The average molecular weight is 519 g/mol. The summed E-state index contributed by atoms with van der Waals surface area (Å²) in [6.07, 6.45) is 2.37. The van der Waals surface area contributed by atoms with Gasteiger partial charge in [-0.2, -0.15) is 0 Å². The highest BCUT2D eigenvalue weighted by Gasteiger charge is 2.38. The summed E-state index contributed by atoms with van der Waals surface area (Å²) in [7, 11) is 3.00. The summed E-state index contributed by atoms with van der Waals surface area (Å²) < 4.78 is 46.4. The minimum absolute atomic E-state index is 0.0736. The minimum atomic E-state index is -0.991. The van der Waals surface area contributed by atoms with Crippen molar-refractivity contribution in [3.63, 3.8) is 0 Å². The lowest BCUT2D eigenvalue weighted by molar-refractivity contribution is 0.186. The Bertz CT molecular complexity index is 1190. The van der Waals surface area contributed by atoms with Crippen molar-refractivity contribution in [2.45, 2.75) is 19.9 Å². The number of aromatic nitrogens is 1. The topological polar surface area (TPSA) is 88.0 Å². The quantitative estimate of drug-likeness (QED) is 0.391. The number of pyridine rings is 1. The first kappa shape index (κ1) is 26.0. The van der Waals surface area contributed by atoms with Crippen molar-refractivity contribution in [3.8, 4) is 11.5 Å². The van der Waals surface area contributed by atoms with Gasteiger partial charge >= 0.3 is 6.03 Å². The lowest BCUT2D eigenvalue weighted by atomic mass is 10.0. The fourth-order valence-corrected chi connectivity index (χ4v) is 5.10. The number of methoxy groups -OCH3 is 2. The van der Waals surface area contributed by atoms with Gasteiger partial charge in [-0.05, 0) is 26.1 Å². The number of allylic oxidation sites excluding steroid dienone is 1. The van der Waals surface area contributed by atoms with Crippen molar-refractivity contribution < 1.29 is 27.8 Å². The van der Waals surface area contributed by atoms with Crippen LogP contribution in [0.15, 0.2) is 24.1 Å². The van der Waals surface area contributed by atoms with Gasteiger partial charge in [0.25, 0.3) is 0 Å². The normalized spacial score (nSPS) is 18.2. The Morgan fingerprint density at radius 1 is 1.28 bits per heavy atom. The number of carbonyl (C=O) groups is 1. The Kier molecular flexibility index (Phi) is 7.85. The number of anilines is 2. The van der Waals surface area contributed by atoms with Crippen LogP contribution < -0.4 is 19.3 Å². The first-order chi connectivity index (χ1) is 17.3. The monoisotopic (exact) mass is 518 g/mol. The van der Waals surface area contributed by atoms with Gasteiger partial charge in [-0.3, -0.25) is 14.8 Å². The highest BCUT2D eigenvalue weighted by molar-refractivity contribution is 7.41. The van der Waals surface area contributed by atoms with Gasteiger partial charge in [-0.25, -0.2) is 13.6 Å². The molecular weight excluding hydrogens is 489 g/mol. The summed E-state index contributed by atoms with van der Waals surface area (Å²) in [5, 5.41) is 8.16. The third-order valence-corrected chi connectivity index (χ3v) is 6.87. The molecule has 2 aliphatic heterocycles. The zero-order valence-electron chi connectivity index (χ0n) is 20.7. The SMILES string of the molecule is COc1cc(OC)c(F)c(N2Cc3cnc(/C(=C/PC)C(C)=N)cc3N(CC3CCOC3)C2=O)c1F. The number of hydrogen-bond donors (Lipinski definition) is 1. The molecule has 0 aliphatic carbocycles. The number of rotatable bonds is 8. The van der Waals surface area contributed by atoms with Crippen LogP contribution in [0.1, 0.15) is 24.6 Å². The average Bonchev–Trinajstić information content (AvgIpc) is 3.38. The standard InChI is InChI=1S/C25H29F2N4O4P/c1-14(28)17(13-36-4)18-7-19-16(9-29-18)11-31(25(32)30(19)10-15-5-6-35-12-15)24-22(26)20(33-2)8-21(34-3)23(24)27/h7-9,13,15,28,36H,5-6,10-12H2,1-4H3/b17-13+,28-14?. The number of benzene rings is 1. The van der Waals surface area contributed by atoms with E-state index in [0.29, 0.717) is 56.6 Å². The van der Waals surface area contributed by atoms with Crippen LogP contribution in [-0.4, -0.2) is 57.4 Å². The molecule has 0 saturated carbocycles. The Morgan fingerprint density at radius 3 is 2.53 bits per heavy atom. The van der Waals surface area contributed by atoms with Crippen LogP contribution in [0.3, 0.4) is 0 Å². The van der Waals surface area contributed by atoms with Crippen LogP contribution in [-0.2, 0) is 11.3 Å². The molecule has 1 fully saturated rings. The number of urea groups is 1. The summed E-state index contributed by atoms with van der Waals surface area (Å²) in [5.41, 5.74) is 2.32. The van der Waals surface area contributed by atoms with E-state index in [-0.39, 0.29) is 24.0 Å². The summed E-state index contributed by atoms with van der Waals surface area (Å²) in [6, 6.07) is 2.32.